The molecule has 0 rings (SSSR count). The van der Waals surface area contributed by atoms with Crippen molar-refractivity contribution in [3.8, 4) is 6.07 Å². The van der Waals surface area contributed by atoms with Gasteiger partial charge in [-0.15, -0.1) is 0 Å². The van der Waals surface area contributed by atoms with Crippen LogP contribution in [0.1, 0.15) is 27.2 Å². The fourth-order valence-electron chi connectivity index (χ4n) is 0.946. The molecule has 0 aliphatic carbocycles. The number of urea groups is 1. The molecular weight excluding hydrogens is 166 g/mol. The molecule has 0 aliphatic heterocycles. The summed E-state index contributed by atoms with van der Waals surface area (Å²) in [5.41, 5.74) is 0. The number of carbonyl (C=O) groups excluding carboxylic acids is 1. The van der Waals surface area contributed by atoms with Crippen LogP contribution >= 0.6 is 0 Å². The van der Waals surface area contributed by atoms with Crippen LogP contribution in [0.15, 0.2) is 0 Å². The van der Waals surface area contributed by atoms with Crippen LogP contribution in [0, 0.1) is 11.3 Å². The van der Waals surface area contributed by atoms with Gasteiger partial charge in [0.25, 0.3) is 0 Å². The molecule has 0 aromatic heterocycles. The second-order valence-corrected chi connectivity index (χ2v) is 3.18. The zero-order valence-electron chi connectivity index (χ0n) is 8.50. The van der Waals surface area contributed by atoms with Crippen molar-refractivity contribution in [2.24, 2.45) is 0 Å². The van der Waals surface area contributed by atoms with Gasteiger partial charge in [0.05, 0.1) is 6.07 Å². The molecule has 4 nitrogen and oxygen atoms in total. The second kappa shape index (κ2) is 6.30. The first-order chi connectivity index (χ1) is 6.11. The van der Waals surface area contributed by atoms with Gasteiger partial charge in [-0.2, -0.15) is 5.26 Å². The molecule has 0 aliphatic rings. The zero-order chi connectivity index (χ0) is 10.3. The van der Waals surface area contributed by atoms with E-state index in [0.717, 1.165) is 6.42 Å². The summed E-state index contributed by atoms with van der Waals surface area (Å²) in [6.07, 6.45) is 0.868. The van der Waals surface area contributed by atoms with E-state index in [1.807, 2.05) is 26.8 Å². The molecule has 74 valence electrons. The van der Waals surface area contributed by atoms with Crippen molar-refractivity contribution in [3.05, 3.63) is 0 Å². The largest absolute Gasteiger partial charge is 0.336 e. The Morgan fingerprint density at radius 2 is 2.23 bits per heavy atom. The quantitative estimate of drug-likeness (QED) is 0.669. The molecule has 2 amide bonds. The van der Waals surface area contributed by atoms with Crippen LogP contribution in [-0.2, 0) is 0 Å². The molecule has 0 aromatic carbocycles. The predicted molar refractivity (Wildman–Crippen MR) is 51.1 cm³/mol. The fourth-order valence-corrected chi connectivity index (χ4v) is 0.946. The highest BCUT2D eigenvalue weighted by atomic mass is 16.2. The molecule has 0 aromatic rings. The van der Waals surface area contributed by atoms with Crippen LogP contribution in [0.2, 0.25) is 0 Å². The first-order valence-corrected chi connectivity index (χ1v) is 4.54. The number of rotatable bonds is 4. The van der Waals surface area contributed by atoms with Crippen LogP contribution in [0.25, 0.3) is 0 Å². The van der Waals surface area contributed by atoms with E-state index in [2.05, 4.69) is 5.32 Å². The van der Waals surface area contributed by atoms with Gasteiger partial charge in [-0.1, -0.05) is 6.92 Å². The van der Waals surface area contributed by atoms with Crippen molar-refractivity contribution in [2.75, 3.05) is 13.1 Å². The average molecular weight is 183 g/mol. The van der Waals surface area contributed by atoms with E-state index in [4.69, 9.17) is 5.26 Å². The normalized spacial score (nSPS) is 9.46. The lowest BCUT2D eigenvalue weighted by atomic mass is 10.4. The number of hydrogen-bond donors (Lipinski definition) is 1. The van der Waals surface area contributed by atoms with Crippen LogP contribution in [0.5, 0.6) is 0 Å². The number of hydrogen-bond acceptors (Lipinski definition) is 2. The second-order valence-electron chi connectivity index (χ2n) is 3.18. The van der Waals surface area contributed by atoms with Gasteiger partial charge >= 0.3 is 6.03 Å². The molecule has 0 bridgehead atoms. The van der Waals surface area contributed by atoms with E-state index >= 15 is 0 Å². The first-order valence-electron chi connectivity index (χ1n) is 4.54. The first kappa shape index (κ1) is 11.8. The van der Waals surface area contributed by atoms with Crippen molar-refractivity contribution < 1.29 is 4.79 Å². The van der Waals surface area contributed by atoms with E-state index < -0.39 is 0 Å². The lowest BCUT2D eigenvalue weighted by molar-refractivity contribution is 0.201. The van der Waals surface area contributed by atoms with Gasteiger partial charge in [-0.25, -0.2) is 4.79 Å². The summed E-state index contributed by atoms with van der Waals surface area (Å²) < 4.78 is 0. The fraction of sp³-hybridized carbons (Fsp3) is 0.778. The SMILES string of the molecule is CCCN(CC#N)C(=O)NC(C)C. The third kappa shape index (κ3) is 5.07. The Kier molecular flexibility index (Phi) is 5.69. The lowest BCUT2D eigenvalue weighted by Gasteiger charge is -2.20. The van der Waals surface area contributed by atoms with Gasteiger partial charge in [0.15, 0.2) is 0 Å². The smallest absolute Gasteiger partial charge is 0.318 e. The summed E-state index contributed by atoms with van der Waals surface area (Å²) >= 11 is 0. The maximum atomic E-state index is 11.4. The van der Waals surface area contributed by atoms with Crippen molar-refractivity contribution in [3.63, 3.8) is 0 Å². The van der Waals surface area contributed by atoms with Gasteiger partial charge in [0.1, 0.15) is 6.54 Å². The summed E-state index contributed by atoms with van der Waals surface area (Å²) in [4.78, 5) is 12.9. The van der Waals surface area contributed by atoms with Crippen molar-refractivity contribution in [1.82, 2.24) is 10.2 Å². The van der Waals surface area contributed by atoms with E-state index in [1.165, 1.54) is 4.90 Å². The molecule has 4 heteroatoms. The molecule has 1 N–H and O–H groups in total. The van der Waals surface area contributed by atoms with Crippen molar-refractivity contribution in [2.45, 2.75) is 33.2 Å². The highest BCUT2D eigenvalue weighted by Gasteiger charge is 2.11. The maximum Gasteiger partial charge on any atom is 0.318 e. The molecule has 0 spiro atoms. The number of carbonyl (C=O) groups is 1. The summed E-state index contributed by atoms with van der Waals surface area (Å²) in [7, 11) is 0. The standard InChI is InChI=1S/C9H17N3O/c1-4-6-12(7-5-10)9(13)11-8(2)3/h8H,4,6-7H2,1-3H3,(H,11,13). The van der Waals surface area contributed by atoms with Gasteiger partial charge < -0.3 is 10.2 Å². The highest BCUT2D eigenvalue weighted by molar-refractivity contribution is 5.74. The number of nitriles is 1. The molecule has 0 unspecified atom stereocenters. The van der Waals surface area contributed by atoms with Crippen LogP contribution in [0.3, 0.4) is 0 Å². The maximum absolute atomic E-state index is 11.4. The highest BCUT2D eigenvalue weighted by Crippen LogP contribution is 1.92. The molecule has 0 saturated heterocycles. The molecule has 0 saturated carbocycles. The summed E-state index contributed by atoms with van der Waals surface area (Å²) in [5, 5.41) is 11.2. The number of nitrogens with one attached hydrogen (secondary N) is 1. The topological polar surface area (TPSA) is 56.1 Å². The van der Waals surface area contributed by atoms with Crippen LogP contribution in [-0.4, -0.2) is 30.1 Å². The molecule has 13 heavy (non-hydrogen) atoms. The monoisotopic (exact) mass is 183 g/mol. The molecule has 0 atom stereocenters. The van der Waals surface area contributed by atoms with Gasteiger partial charge in [0.2, 0.25) is 0 Å². The number of nitrogens with zero attached hydrogens (tertiary/aromatic N) is 2. The van der Waals surface area contributed by atoms with Gasteiger partial charge in [-0.05, 0) is 20.3 Å². The average Bonchev–Trinajstić information content (AvgIpc) is 2.02. The van der Waals surface area contributed by atoms with E-state index in [0.29, 0.717) is 6.54 Å². The third-order valence-electron chi connectivity index (χ3n) is 1.45. The number of amides is 2. The van der Waals surface area contributed by atoms with E-state index in [1.54, 1.807) is 0 Å². The van der Waals surface area contributed by atoms with Crippen LogP contribution < -0.4 is 5.32 Å². The predicted octanol–water partition coefficient (Wildman–Crippen LogP) is 1.34. The Bertz CT molecular complexity index is 196. The van der Waals surface area contributed by atoms with Gasteiger partial charge in [0, 0.05) is 12.6 Å². The van der Waals surface area contributed by atoms with E-state index in [-0.39, 0.29) is 18.6 Å². The molecule has 0 heterocycles. The minimum atomic E-state index is -0.154. The summed E-state index contributed by atoms with van der Waals surface area (Å²) in [6.45, 7) is 6.56. The third-order valence-corrected chi connectivity index (χ3v) is 1.45. The molecule has 0 fully saturated rings. The Balaban J connectivity index is 4.04. The van der Waals surface area contributed by atoms with Crippen molar-refractivity contribution in [1.29, 1.82) is 5.26 Å². The summed E-state index contributed by atoms with van der Waals surface area (Å²) in [6, 6.07) is 1.93. The Labute approximate surface area is 79.5 Å². The Morgan fingerprint density at radius 1 is 1.62 bits per heavy atom. The molecular formula is C9H17N3O. The minimum absolute atomic E-state index is 0.116. The zero-order valence-corrected chi connectivity index (χ0v) is 8.50. The minimum Gasteiger partial charge on any atom is -0.336 e. The Morgan fingerprint density at radius 3 is 2.62 bits per heavy atom. The molecule has 0 radical (unpaired) electrons. The van der Waals surface area contributed by atoms with Crippen LogP contribution in [0.4, 0.5) is 4.79 Å². The van der Waals surface area contributed by atoms with Gasteiger partial charge in [-0.3, -0.25) is 0 Å². The van der Waals surface area contributed by atoms with E-state index in [9.17, 15) is 4.79 Å². The van der Waals surface area contributed by atoms with Crippen molar-refractivity contribution >= 4 is 6.03 Å². The summed E-state index contributed by atoms with van der Waals surface area (Å²) in [5.74, 6) is 0. The lowest BCUT2D eigenvalue weighted by Crippen LogP contribution is -2.43. The Hall–Kier alpha value is -1.24.